The predicted octanol–water partition coefficient (Wildman–Crippen LogP) is 3.80. The van der Waals surface area contributed by atoms with Crippen molar-refractivity contribution in [1.29, 1.82) is 0 Å². The summed E-state index contributed by atoms with van der Waals surface area (Å²) in [6.07, 6.45) is 2.71. The lowest BCUT2D eigenvalue weighted by Gasteiger charge is -2.41. The van der Waals surface area contributed by atoms with Gasteiger partial charge < -0.3 is 5.11 Å². The van der Waals surface area contributed by atoms with Gasteiger partial charge in [0.05, 0.1) is 11.9 Å². The Morgan fingerprint density at radius 2 is 1.83 bits per heavy atom. The molecule has 5 nitrogen and oxygen atoms in total. The Hall–Kier alpha value is -2.18. The number of nitrogens with one attached hydrogen (secondary N) is 1. The molecule has 2 aromatic carbocycles. The Bertz CT molecular complexity index is 897. The minimum absolute atomic E-state index is 0.214. The van der Waals surface area contributed by atoms with Crippen LogP contribution >= 0.6 is 11.6 Å². The summed E-state index contributed by atoms with van der Waals surface area (Å²) >= 11 is 6.03. The van der Waals surface area contributed by atoms with E-state index >= 15 is 0 Å². The van der Waals surface area contributed by atoms with Crippen molar-refractivity contribution in [3.05, 3.63) is 76.9 Å². The van der Waals surface area contributed by atoms with E-state index in [-0.39, 0.29) is 6.61 Å². The lowest BCUT2D eigenvalue weighted by atomic mass is 10.0. The van der Waals surface area contributed by atoms with Gasteiger partial charge in [-0.1, -0.05) is 54.1 Å². The highest BCUT2D eigenvalue weighted by molar-refractivity contribution is 6.30. The van der Waals surface area contributed by atoms with Crippen molar-refractivity contribution in [2.75, 3.05) is 26.2 Å². The molecule has 0 aliphatic carbocycles. The van der Waals surface area contributed by atoms with Crippen LogP contribution in [-0.2, 0) is 13.1 Å². The molecule has 0 bridgehead atoms. The van der Waals surface area contributed by atoms with Gasteiger partial charge >= 0.3 is 0 Å². The third kappa shape index (κ3) is 5.06. The van der Waals surface area contributed by atoms with Crippen molar-refractivity contribution in [3.8, 4) is 11.3 Å². The molecule has 6 heteroatoms. The summed E-state index contributed by atoms with van der Waals surface area (Å²) in [7, 11) is 0. The fourth-order valence-electron chi connectivity index (χ4n) is 4.09. The maximum absolute atomic E-state index is 9.59. The molecular weight excluding hydrogens is 384 g/mol. The van der Waals surface area contributed by atoms with E-state index in [0.29, 0.717) is 6.04 Å². The van der Waals surface area contributed by atoms with Crippen LogP contribution in [0.5, 0.6) is 0 Å². The van der Waals surface area contributed by atoms with Gasteiger partial charge in [0, 0.05) is 56.0 Å². The predicted molar refractivity (Wildman–Crippen MR) is 117 cm³/mol. The maximum Gasteiger partial charge on any atom is 0.0695 e. The summed E-state index contributed by atoms with van der Waals surface area (Å²) in [6.45, 7) is 4.93. The fourth-order valence-corrected chi connectivity index (χ4v) is 4.21. The van der Waals surface area contributed by atoms with Crippen molar-refractivity contribution >= 4 is 11.6 Å². The number of benzene rings is 2. The normalized spacial score (nSPS) is 18.2. The molecule has 1 saturated heterocycles. The van der Waals surface area contributed by atoms with Gasteiger partial charge in [-0.2, -0.15) is 5.10 Å². The molecule has 1 aromatic heterocycles. The number of H-pyrrole nitrogens is 1. The van der Waals surface area contributed by atoms with Gasteiger partial charge in [0.15, 0.2) is 0 Å². The molecule has 4 rings (SSSR count). The molecule has 0 radical (unpaired) electrons. The second-order valence-electron chi connectivity index (χ2n) is 7.63. The molecule has 1 aliphatic rings. The van der Waals surface area contributed by atoms with E-state index in [4.69, 9.17) is 11.6 Å². The number of hydrogen-bond donors (Lipinski definition) is 2. The number of hydrogen-bond acceptors (Lipinski definition) is 4. The number of aromatic amines is 1. The fraction of sp³-hybridized carbons (Fsp3) is 0.348. The molecule has 1 atom stereocenters. The summed E-state index contributed by atoms with van der Waals surface area (Å²) in [5, 5.41) is 17.7. The third-order valence-electron chi connectivity index (χ3n) is 5.62. The van der Waals surface area contributed by atoms with E-state index in [2.05, 4.69) is 50.3 Å². The highest BCUT2D eigenvalue weighted by Crippen LogP contribution is 2.25. The average molecular weight is 411 g/mol. The zero-order valence-corrected chi connectivity index (χ0v) is 17.2. The van der Waals surface area contributed by atoms with E-state index in [9.17, 15) is 5.11 Å². The van der Waals surface area contributed by atoms with Crippen molar-refractivity contribution in [2.45, 2.75) is 25.6 Å². The van der Waals surface area contributed by atoms with E-state index in [1.54, 1.807) is 0 Å². The number of rotatable bonds is 7. The molecule has 1 aliphatic heterocycles. The molecule has 0 saturated carbocycles. The van der Waals surface area contributed by atoms with Gasteiger partial charge in [0.25, 0.3) is 0 Å². The summed E-state index contributed by atoms with van der Waals surface area (Å²) in [5.74, 6) is 0. The van der Waals surface area contributed by atoms with Crippen molar-refractivity contribution in [3.63, 3.8) is 0 Å². The number of nitrogens with zero attached hydrogens (tertiary/aromatic N) is 3. The number of aliphatic hydroxyl groups is 1. The Morgan fingerprint density at radius 1 is 1.03 bits per heavy atom. The van der Waals surface area contributed by atoms with Gasteiger partial charge in [-0.3, -0.25) is 14.9 Å². The molecule has 1 fully saturated rings. The lowest BCUT2D eigenvalue weighted by molar-refractivity contribution is 0.0500. The molecule has 0 unspecified atom stereocenters. The second-order valence-corrected chi connectivity index (χ2v) is 8.07. The Morgan fingerprint density at radius 3 is 2.59 bits per heavy atom. The first-order valence-corrected chi connectivity index (χ1v) is 10.5. The SMILES string of the molecule is OCC[C@H]1CN(Cc2cn[nH]c2-c2ccc(Cl)cc2)CCN1Cc1ccccc1. The summed E-state index contributed by atoms with van der Waals surface area (Å²) < 4.78 is 0. The summed E-state index contributed by atoms with van der Waals surface area (Å²) in [6, 6.07) is 18.8. The first-order chi connectivity index (χ1) is 14.2. The molecule has 0 spiro atoms. The van der Waals surface area contributed by atoms with Crippen molar-refractivity contribution in [2.24, 2.45) is 0 Å². The van der Waals surface area contributed by atoms with Crippen LogP contribution in [0.25, 0.3) is 11.3 Å². The first-order valence-electron chi connectivity index (χ1n) is 10.1. The monoisotopic (exact) mass is 410 g/mol. The number of halogens is 1. The van der Waals surface area contributed by atoms with Crippen LogP contribution in [0.2, 0.25) is 5.02 Å². The zero-order valence-electron chi connectivity index (χ0n) is 16.5. The largest absolute Gasteiger partial charge is 0.396 e. The molecule has 3 aromatic rings. The molecule has 0 amide bonds. The standard InChI is InChI=1S/C23H27ClN4O/c24-21-8-6-19(7-9-21)23-20(14-25-26-23)16-27-11-12-28(22(17-27)10-13-29)15-18-4-2-1-3-5-18/h1-9,14,22,29H,10-13,15-17H2,(H,25,26)/t22-/m0/s1. The molecule has 2 heterocycles. The first kappa shape index (κ1) is 20.1. The smallest absolute Gasteiger partial charge is 0.0695 e. The van der Waals surface area contributed by atoms with Crippen LogP contribution in [0.15, 0.2) is 60.8 Å². The van der Waals surface area contributed by atoms with Gasteiger partial charge in [-0.25, -0.2) is 0 Å². The van der Waals surface area contributed by atoms with Crippen LogP contribution in [0.4, 0.5) is 0 Å². The van der Waals surface area contributed by atoms with E-state index in [1.165, 1.54) is 11.1 Å². The quantitative estimate of drug-likeness (QED) is 0.622. The topological polar surface area (TPSA) is 55.4 Å². The molecule has 152 valence electrons. The van der Waals surface area contributed by atoms with E-state index in [0.717, 1.165) is 55.4 Å². The van der Waals surface area contributed by atoms with Gasteiger partial charge in [-0.05, 0) is 29.7 Å². The van der Waals surface area contributed by atoms with Crippen LogP contribution < -0.4 is 0 Å². The minimum atomic E-state index is 0.214. The third-order valence-corrected chi connectivity index (χ3v) is 5.88. The number of piperazine rings is 1. The Balaban J connectivity index is 1.43. The van der Waals surface area contributed by atoms with Gasteiger partial charge in [0.1, 0.15) is 0 Å². The Kier molecular flexibility index (Phi) is 6.62. The highest BCUT2D eigenvalue weighted by atomic mass is 35.5. The number of aromatic nitrogens is 2. The van der Waals surface area contributed by atoms with Gasteiger partial charge in [-0.15, -0.1) is 0 Å². The van der Waals surface area contributed by atoms with Crippen molar-refractivity contribution in [1.82, 2.24) is 20.0 Å². The average Bonchev–Trinajstić information content (AvgIpc) is 3.19. The van der Waals surface area contributed by atoms with Crippen LogP contribution in [0.1, 0.15) is 17.5 Å². The van der Waals surface area contributed by atoms with Crippen LogP contribution in [0, 0.1) is 0 Å². The highest BCUT2D eigenvalue weighted by Gasteiger charge is 2.27. The van der Waals surface area contributed by atoms with Crippen LogP contribution in [-0.4, -0.2) is 57.4 Å². The van der Waals surface area contributed by atoms with Gasteiger partial charge in [0.2, 0.25) is 0 Å². The van der Waals surface area contributed by atoms with E-state index < -0.39 is 0 Å². The molecular formula is C23H27ClN4O. The molecule has 2 N–H and O–H groups in total. The maximum atomic E-state index is 9.59. The summed E-state index contributed by atoms with van der Waals surface area (Å²) in [4.78, 5) is 4.96. The van der Waals surface area contributed by atoms with E-state index in [1.807, 2.05) is 30.5 Å². The van der Waals surface area contributed by atoms with Crippen LogP contribution in [0.3, 0.4) is 0 Å². The lowest BCUT2D eigenvalue weighted by Crippen LogP contribution is -2.52. The number of aliphatic hydroxyl groups excluding tert-OH is 1. The minimum Gasteiger partial charge on any atom is -0.396 e. The zero-order chi connectivity index (χ0) is 20.1. The Labute approximate surface area is 176 Å². The van der Waals surface area contributed by atoms with Crippen molar-refractivity contribution < 1.29 is 5.11 Å². The second kappa shape index (κ2) is 9.55. The molecule has 29 heavy (non-hydrogen) atoms. The summed E-state index contributed by atoms with van der Waals surface area (Å²) in [5.41, 5.74) is 4.65.